The Hall–Kier alpha value is -1.43. The quantitative estimate of drug-likeness (QED) is 0.891. The fraction of sp³-hybridized carbons (Fsp3) is 0.583. The Morgan fingerprint density at radius 2 is 2.39 bits per heavy atom. The van der Waals surface area contributed by atoms with Gasteiger partial charge in [-0.15, -0.1) is 11.3 Å². The van der Waals surface area contributed by atoms with E-state index in [0.717, 1.165) is 23.5 Å². The zero-order chi connectivity index (χ0) is 13.1. The second-order valence-electron chi connectivity index (χ2n) is 4.47. The summed E-state index contributed by atoms with van der Waals surface area (Å²) in [6.07, 6.45) is 1.65. The first-order valence-electron chi connectivity index (χ1n) is 6.04. The van der Waals surface area contributed by atoms with Crippen LogP contribution in [0, 0.1) is 6.92 Å². The van der Waals surface area contributed by atoms with E-state index in [1.807, 2.05) is 12.3 Å². The molecule has 0 aliphatic carbocycles. The van der Waals surface area contributed by atoms with Crippen molar-refractivity contribution in [1.82, 2.24) is 15.2 Å². The summed E-state index contributed by atoms with van der Waals surface area (Å²) < 4.78 is 0. The number of amides is 2. The van der Waals surface area contributed by atoms with Crippen LogP contribution in [-0.4, -0.2) is 34.3 Å². The molecule has 0 spiro atoms. The van der Waals surface area contributed by atoms with Gasteiger partial charge in [-0.1, -0.05) is 0 Å². The van der Waals surface area contributed by atoms with E-state index in [-0.39, 0.29) is 17.9 Å². The number of nitrogens with one attached hydrogen (secondary N) is 1. The lowest BCUT2D eigenvalue weighted by molar-refractivity contribution is -0.136. The van der Waals surface area contributed by atoms with Gasteiger partial charge in [0, 0.05) is 24.5 Å². The first kappa shape index (κ1) is 13.0. The number of hydrogen-bond acceptors (Lipinski definition) is 4. The predicted octanol–water partition coefficient (Wildman–Crippen LogP) is 1.08. The van der Waals surface area contributed by atoms with Crippen LogP contribution in [0.4, 0.5) is 0 Å². The zero-order valence-corrected chi connectivity index (χ0v) is 11.4. The third-order valence-electron chi connectivity index (χ3n) is 3.04. The van der Waals surface area contributed by atoms with E-state index in [2.05, 4.69) is 10.3 Å². The summed E-state index contributed by atoms with van der Waals surface area (Å²) in [5.74, 6) is -0.103. The Morgan fingerprint density at radius 3 is 3.00 bits per heavy atom. The van der Waals surface area contributed by atoms with E-state index in [9.17, 15) is 9.59 Å². The molecule has 2 heterocycles. The smallest absolute Gasteiger partial charge is 0.243 e. The van der Waals surface area contributed by atoms with Gasteiger partial charge in [0.25, 0.3) is 0 Å². The van der Waals surface area contributed by atoms with E-state index < -0.39 is 0 Å². The lowest BCUT2D eigenvalue weighted by Gasteiger charge is -2.22. The Balaban J connectivity index is 1.89. The molecule has 5 nitrogen and oxygen atoms in total. The highest BCUT2D eigenvalue weighted by Crippen LogP contribution is 2.17. The molecule has 2 amide bonds. The van der Waals surface area contributed by atoms with Crippen molar-refractivity contribution >= 4 is 23.2 Å². The summed E-state index contributed by atoms with van der Waals surface area (Å²) in [5.41, 5.74) is 0.968. The number of likely N-dealkylation sites (tertiary alicyclic amines) is 1. The molecule has 1 aromatic heterocycles. The zero-order valence-electron chi connectivity index (χ0n) is 10.6. The molecule has 1 aliphatic heterocycles. The number of carbonyl (C=O) groups is 2. The monoisotopic (exact) mass is 267 g/mol. The number of aromatic nitrogens is 1. The summed E-state index contributed by atoms with van der Waals surface area (Å²) in [7, 11) is 0. The topological polar surface area (TPSA) is 62.3 Å². The summed E-state index contributed by atoms with van der Waals surface area (Å²) in [5, 5.41) is 5.71. The van der Waals surface area contributed by atoms with Gasteiger partial charge < -0.3 is 10.2 Å². The number of carbonyl (C=O) groups excluding carboxylic acids is 2. The van der Waals surface area contributed by atoms with Crippen molar-refractivity contribution in [2.75, 3.05) is 6.54 Å². The molecule has 1 N–H and O–H groups in total. The van der Waals surface area contributed by atoms with Crippen LogP contribution in [-0.2, 0) is 16.1 Å². The molecule has 0 aromatic carbocycles. The van der Waals surface area contributed by atoms with Crippen LogP contribution >= 0.6 is 11.3 Å². The molecule has 1 atom stereocenters. The van der Waals surface area contributed by atoms with Crippen molar-refractivity contribution in [3.05, 3.63) is 16.1 Å². The molecule has 1 aliphatic rings. The Kier molecular flexibility index (Phi) is 3.96. The molecule has 1 aromatic rings. The van der Waals surface area contributed by atoms with E-state index >= 15 is 0 Å². The van der Waals surface area contributed by atoms with Gasteiger partial charge >= 0.3 is 0 Å². The van der Waals surface area contributed by atoms with E-state index in [1.165, 1.54) is 18.3 Å². The van der Waals surface area contributed by atoms with E-state index in [0.29, 0.717) is 13.1 Å². The van der Waals surface area contributed by atoms with Gasteiger partial charge in [0.05, 0.1) is 6.54 Å². The third kappa shape index (κ3) is 2.87. The Bertz CT molecular complexity index is 458. The van der Waals surface area contributed by atoms with Crippen LogP contribution < -0.4 is 5.32 Å². The SMILES string of the molecule is CC(=O)N1CCC[C@@H]1C(=O)NCc1nc(C)cs1. The van der Waals surface area contributed by atoms with Crippen LogP contribution in [0.3, 0.4) is 0 Å². The largest absolute Gasteiger partial charge is 0.348 e. The van der Waals surface area contributed by atoms with Crippen LogP contribution in [0.1, 0.15) is 30.5 Å². The lowest BCUT2D eigenvalue weighted by Crippen LogP contribution is -2.44. The summed E-state index contributed by atoms with van der Waals surface area (Å²) in [6.45, 7) is 4.56. The number of thiazole rings is 1. The number of hydrogen-bond donors (Lipinski definition) is 1. The van der Waals surface area contributed by atoms with Crippen LogP contribution in [0.25, 0.3) is 0 Å². The standard InChI is InChI=1S/C12H17N3O2S/c1-8-7-18-11(14-8)6-13-12(17)10-4-3-5-15(10)9(2)16/h7,10H,3-6H2,1-2H3,(H,13,17)/t10-/m1/s1. The minimum atomic E-state index is -0.302. The minimum Gasteiger partial charge on any atom is -0.348 e. The first-order chi connectivity index (χ1) is 8.58. The number of rotatable bonds is 3. The second-order valence-corrected chi connectivity index (χ2v) is 5.41. The van der Waals surface area contributed by atoms with Crippen molar-refractivity contribution in [2.45, 2.75) is 39.3 Å². The van der Waals surface area contributed by atoms with Crippen molar-refractivity contribution in [1.29, 1.82) is 0 Å². The maximum atomic E-state index is 12.0. The van der Waals surface area contributed by atoms with Crippen molar-refractivity contribution in [3.8, 4) is 0 Å². The number of aryl methyl sites for hydroxylation is 1. The normalized spacial score (nSPS) is 19.0. The van der Waals surface area contributed by atoms with Crippen LogP contribution in [0.5, 0.6) is 0 Å². The minimum absolute atomic E-state index is 0.0299. The first-order valence-corrected chi connectivity index (χ1v) is 6.92. The maximum Gasteiger partial charge on any atom is 0.243 e. The summed E-state index contributed by atoms with van der Waals surface area (Å²) in [4.78, 5) is 29.3. The average Bonchev–Trinajstić information content (AvgIpc) is 2.94. The van der Waals surface area contributed by atoms with Crippen LogP contribution in [0.15, 0.2) is 5.38 Å². The van der Waals surface area contributed by atoms with E-state index in [1.54, 1.807) is 4.90 Å². The molecular formula is C12H17N3O2S. The maximum absolute atomic E-state index is 12.0. The van der Waals surface area contributed by atoms with Gasteiger partial charge in [-0.25, -0.2) is 4.98 Å². The van der Waals surface area contributed by atoms with Crippen molar-refractivity contribution < 1.29 is 9.59 Å². The van der Waals surface area contributed by atoms with Crippen LogP contribution in [0.2, 0.25) is 0 Å². The molecule has 6 heteroatoms. The molecule has 2 rings (SSSR count). The predicted molar refractivity (Wildman–Crippen MR) is 69.1 cm³/mol. The Morgan fingerprint density at radius 1 is 1.61 bits per heavy atom. The van der Waals surface area contributed by atoms with E-state index in [4.69, 9.17) is 0 Å². The van der Waals surface area contributed by atoms with Gasteiger partial charge in [-0.05, 0) is 19.8 Å². The molecule has 0 unspecified atom stereocenters. The molecule has 0 radical (unpaired) electrons. The highest BCUT2D eigenvalue weighted by molar-refractivity contribution is 7.09. The summed E-state index contributed by atoms with van der Waals surface area (Å²) in [6, 6.07) is -0.302. The molecule has 0 bridgehead atoms. The van der Waals surface area contributed by atoms with Gasteiger partial charge in [-0.2, -0.15) is 0 Å². The fourth-order valence-corrected chi connectivity index (χ4v) is 2.89. The molecule has 1 saturated heterocycles. The molecule has 98 valence electrons. The second kappa shape index (κ2) is 5.48. The molecule has 1 fully saturated rings. The molecule has 18 heavy (non-hydrogen) atoms. The van der Waals surface area contributed by atoms with Gasteiger partial charge in [0.2, 0.25) is 11.8 Å². The molecular weight excluding hydrogens is 250 g/mol. The summed E-state index contributed by atoms with van der Waals surface area (Å²) >= 11 is 1.53. The highest BCUT2D eigenvalue weighted by atomic mass is 32.1. The van der Waals surface area contributed by atoms with Crippen molar-refractivity contribution in [2.24, 2.45) is 0 Å². The highest BCUT2D eigenvalue weighted by Gasteiger charge is 2.32. The molecule has 0 saturated carbocycles. The Labute approximate surface area is 110 Å². The average molecular weight is 267 g/mol. The fourth-order valence-electron chi connectivity index (χ4n) is 2.18. The number of nitrogens with zero attached hydrogens (tertiary/aromatic N) is 2. The lowest BCUT2D eigenvalue weighted by atomic mass is 10.2. The van der Waals surface area contributed by atoms with Gasteiger partial charge in [-0.3, -0.25) is 9.59 Å². The van der Waals surface area contributed by atoms with Gasteiger partial charge in [0.1, 0.15) is 11.0 Å². The van der Waals surface area contributed by atoms with Gasteiger partial charge in [0.15, 0.2) is 0 Å². The third-order valence-corrected chi connectivity index (χ3v) is 4.01. The van der Waals surface area contributed by atoms with Crippen molar-refractivity contribution in [3.63, 3.8) is 0 Å².